The second-order valence-electron chi connectivity index (χ2n) is 7.83. The van der Waals surface area contributed by atoms with Crippen LogP contribution in [0.2, 0.25) is 0 Å². The summed E-state index contributed by atoms with van der Waals surface area (Å²) in [5.41, 5.74) is 8.97. The van der Waals surface area contributed by atoms with Crippen LogP contribution in [0.15, 0.2) is 76.9 Å². The van der Waals surface area contributed by atoms with Gasteiger partial charge in [-0.05, 0) is 36.6 Å². The summed E-state index contributed by atoms with van der Waals surface area (Å²) >= 11 is 0. The Bertz CT molecular complexity index is 1260. The van der Waals surface area contributed by atoms with Gasteiger partial charge in [-0.3, -0.25) is 4.79 Å². The standard InChI is InChI=1S/C26H26N2O5/c1-16-15-20-22(25(29)28(16)14-13-17-7-5-4-6-8-17)21(18-9-11-19(31-2)12-10-18)23(24(27)33-20)26(30)32-3/h4-12,15,21H,13-14,27H2,1-3H3/t21-/m0/s1. The first-order valence-electron chi connectivity index (χ1n) is 10.6. The molecule has 0 saturated heterocycles. The number of fused-ring (bicyclic) bond motifs is 1. The van der Waals surface area contributed by atoms with Crippen LogP contribution in [0.5, 0.6) is 11.5 Å². The number of ether oxygens (including phenoxy) is 3. The van der Waals surface area contributed by atoms with Gasteiger partial charge in [0.15, 0.2) is 0 Å². The molecular weight excluding hydrogens is 420 g/mol. The van der Waals surface area contributed by atoms with E-state index in [0.717, 1.165) is 11.3 Å². The van der Waals surface area contributed by atoms with Gasteiger partial charge in [-0.1, -0.05) is 42.5 Å². The molecule has 1 aliphatic rings. The van der Waals surface area contributed by atoms with E-state index in [0.29, 0.717) is 35.6 Å². The zero-order valence-corrected chi connectivity index (χ0v) is 18.8. The molecule has 2 N–H and O–H groups in total. The van der Waals surface area contributed by atoms with E-state index >= 15 is 0 Å². The van der Waals surface area contributed by atoms with Crippen LogP contribution in [-0.4, -0.2) is 24.8 Å². The topological polar surface area (TPSA) is 92.8 Å². The minimum atomic E-state index is -0.733. The highest BCUT2D eigenvalue weighted by atomic mass is 16.5. The van der Waals surface area contributed by atoms with Crippen LogP contribution in [0.3, 0.4) is 0 Å². The maximum Gasteiger partial charge on any atom is 0.340 e. The zero-order chi connectivity index (χ0) is 23.5. The second-order valence-corrected chi connectivity index (χ2v) is 7.83. The molecule has 0 radical (unpaired) electrons. The zero-order valence-electron chi connectivity index (χ0n) is 18.8. The van der Waals surface area contributed by atoms with Crippen molar-refractivity contribution in [1.29, 1.82) is 0 Å². The van der Waals surface area contributed by atoms with Crippen molar-refractivity contribution >= 4 is 5.97 Å². The van der Waals surface area contributed by atoms with Gasteiger partial charge in [0.05, 0.1) is 25.7 Å². The van der Waals surface area contributed by atoms with Crippen LogP contribution in [0.1, 0.15) is 28.3 Å². The number of rotatable bonds is 6. The Hall–Kier alpha value is -4.00. The van der Waals surface area contributed by atoms with Gasteiger partial charge in [-0.2, -0.15) is 0 Å². The van der Waals surface area contributed by atoms with Crippen molar-refractivity contribution in [2.24, 2.45) is 5.73 Å². The molecule has 170 valence electrons. The van der Waals surface area contributed by atoms with Crippen molar-refractivity contribution in [1.82, 2.24) is 4.57 Å². The number of nitrogens with two attached hydrogens (primary N) is 1. The van der Waals surface area contributed by atoms with E-state index in [2.05, 4.69) is 0 Å². The lowest BCUT2D eigenvalue weighted by Crippen LogP contribution is -2.35. The maximum absolute atomic E-state index is 13.8. The summed E-state index contributed by atoms with van der Waals surface area (Å²) in [6, 6.07) is 18.9. The maximum atomic E-state index is 13.8. The smallest absolute Gasteiger partial charge is 0.340 e. The third-order valence-electron chi connectivity index (χ3n) is 5.89. The largest absolute Gasteiger partial charge is 0.497 e. The molecule has 0 bridgehead atoms. The quantitative estimate of drug-likeness (QED) is 0.584. The number of methoxy groups -OCH3 is 2. The molecule has 7 nitrogen and oxygen atoms in total. The normalized spacial score (nSPS) is 14.9. The van der Waals surface area contributed by atoms with Gasteiger partial charge in [-0.15, -0.1) is 0 Å². The highest BCUT2D eigenvalue weighted by Crippen LogP contribution is 2.41. The number of esters is 1. The molecule has 33 heavy (non-hydrogen) atoms. The number of benzene rings is 2. The van der Waals surface area contributed by atoms with Crippen molar-refractivity contribution in [2.75, 3.05) is 14.2 Å². The number of hydrogen-bond acceptors (Lipinski definition) is 6. The molecule has 1 atom stereocenters. The lowest BCUT2D eigenvalue weighted by atomic mass is 9.83. The lowest BCUT2D eigenvalue weighted by Gasteiger charge is -2.29. The summed E-state index contributed by atoms with van der Waals surface area (Å²) in [6.07, 6.45) is 0.691. The molecule has 0 fully saturated rings. The first-order valence-corrected chi connectivity index (χ1v) is 10.6. The predicted octanol–water partition coefficient (Wildman–Crippen LogP) is 3.28. The summed E-state index contributed by atoms with van der Waals surface area (Å²) in [5.74, 6) is -0.444. The molecule has 0 spiro atoms. The van der Waals surface area contributed by atoms with E-state index in [9.17, 15) is 9.59 Å². The van der Waals surface area contributed by atoms with Crippen molar-refractivity contribution < 1.29 is 19.0 Å². The lowest BCUT2D eigenvalue weighted by molar-refractivity contribution is -0.136. The number of pyridine rings is 1. The molecule has 0 amide bonds. The molecule has 1 aliphatic heterocycles. The predicted molar refractivity (Wildman–Crippen MR) is 124 cm³/mol. The van der Waals surface area contributed by atoms with Crippen molar-refractivity contribution in [2.45, 2.75) is 25.8 Å². The van der Waals surface area contributed by atoms with Crippen LogP contribution in [0.25, 0.3) is 0 Å². The fourth-order valence-corrected chi connectivity index (χ4v) is 4.19. The Morgan fingerprint density at radius 1 is 1.09 bits per heavy atom. The van der Waals surface area contributed by atoms with Crippen LogP contribution >= 0.6 is 0 Å². The first-order chi connectivity index (χ1) is 15.9. The third-order valence-corrected chi connectivity index (χ3v) is 5.89. The van der Waals surface area contributed by atoms with E-state index in [1.54, 1.807) is 29.9 Å². The molecule has 1 aromatic heterocycles. The fourth-order valence-electron chi connectivity index (χ4n) is 4.19. The average molecular weight is 447 g/mol. The molecule has 0 unspecified atom stereocenters. The van der Waals surface area contributed by atoms with Gasteiger partial charge in [-0.25, -0.2) is 4.79 Å². The van der Waals surface area contributed by atoms with E-state index in [-0.39, 0.29) is 17.0 Å². The second kappa shape index (κ2) is 9.24. The van der Waals surface area contributed by atoms with Crippen LogP contribution in [-0.2, 0) is 22.5 Å². The Kier molecular flexibility index (Phi) is 6.22. The molecule has 4 rings (SSSR count). The van der Waals surface area contributed by atoms with Crippen LogP contribution in [0, 0.1) is 6.92 Å². The van der Waals surface area contributed by atoms with Crippen LogP contribution in [0.4, 0.5) is 0 Å². The van der Waals surface area contributed by atoms with E-state index in [4.69, 9.17) is 19.9 Å². The average Bonchev–Trinajstić information content (AvgIpc) is 2.83. The Balaban J connectivity index is 1.85. The molecule has 0 aliphatic carbocycles. The summed E-state index contributed by atoms with van der Waals surface area (Å²) in [5, 5.41) is 0. The SMILES string of the molecule is COC(=O)C1=C(N)Oc2cc(C)n(CCc3ccccc3)c(=O)c2[C@@H]1c1ccc(OC)cc1. The summed E-state index contributed by atoms with van der Waals surface area (Å²) in [6.45, 7) is 2.35. The highest BCUT2D eigenvalue weighted by Gasteiger charge is 2.38. The molecule has 0 saturated carbocycles. The number of aromatic nitrogens is 1. The van der Waals surface area contributed by atoms with Crippen LogP contribution < -0.4 is 20.8 Å². The van der Waals surface area contributed by atoms with E-state index in [1.807, 2.05) is 49.4 Å². The van der Waals surface area contributed by atoms with Crippen molar-refractivity contribution in [3.63, 3.8) is 0 Å². The molecule has 7 heteroatoms. The number of hydrogen-bond donors (Lipinski definition) is 1. The molecular formula is C26H26N2O5. The monoisotopic (exact) mass is 446 g/mol. The molecule has 2 heterocycles. The summed E-state index contributed by atoms with van der Waals surface area (Å²) < 4.78 is 17.7. The van der Waals surface area contributed by atoms with Gasteiger partial charge in [0.25, 0.3) is 5.56 Å². The van der Waals surface area contributed by atoms with E-state index < -0.39 is 11.9 Å². The van der Waals surface area contributed by atoms with Gasteiger partial charge in [0.1, 0.15) is 17.1 Å². The summed E-state index contributed by atoms with van der Waals surface area (Å²) in [4.78, 5) is 26.5. The number of carbonyl (C=O) groups excluding carboxylic acids is 1. The van der Waals surface area contributed by atoms with Gasteiger partial charge in [0, 0.05) is 18.3 Å². The Morgan fingerprint density at radius 3 is 2.42 bits per heavy atom. The molecule has 2 aromatic carbocycles. The van der Waals surface area contributed by atoms with Gasteiger partial charge >= 0.3 is 5.97 Å². The molecule has 3 aromatic rings. The third kappa shape index (κ3) is 4.22. The minimum Gasteiger partial charge on any atom is -0.497 e. The van der Waals surface area contributed by atoms with Crippen molar-refractivity contribution in [3.8, 4) is 11.5 Å². The van der Waals surface area contributed by atoms with E-state index in [1.165, 1.54) is 7.11 Å². The summed E-state index contributed by atoms with van der Waals surface area (Å²) in [7, 11) is 2.85. The fraction of sp³-hybridized carbons (Fsp3) is 0.231. The number of carbonyl (C=O) groups is 1. The highest BCUT2D eigenvalue weighted by molar-refractivity contribution is 5.92. The number of aryl methyl sites for hydroxylation is 2. The van der Waals surface area contributed by atoms with Gasteiger partial charge < -0.3 is 24.5 Å². The Labute approximate surface area is 192 Å². The van der Waals surface area contributed by atoms with Crippen molar-refractivity contribution in [3.05, 3.63) is 105 Å². The first kappa shape index (κ1) is 22.2. The van der Waals surface area contributed by atoms with Gasteiger partial charge in [0.2, 0.25) is 5.88 Å². The minimum absolute atomic E-state index is 0.0731. The number of nitrogens with zero attached hydrogens (tertiary/aromatic N) is 1. The Morgan fingerprint density at radius 2 is 1.79 bits per heavy atom.